The largest absolute Gasteiger partial charge is 0.355 e. The Bertz CT molecular complexity index is 2190. The van der Waals surface area contributed by atoms with Crippen LogP contribution in [0.25, 0.3) is 90.7 Å². The molecule has 9 rings (SSSR count). The van der Waals surface area contributed by atoms with Gasteiger partial charge in [0.15, 0.2) is 0 Å². The van der Waals surface area contributed by atoms with Crippen molar-refractivity contribution >= 4 is 68.2 Å². The molecule has 8 bridgehead atoms. The average molecular weight is 541 g/mol. The third-order valence-corrected chi connectivity index (χ3v) is 7.95. The van der Waals surface area contributed by atoms with Crippen molar-refractivity contribution < 1.29 is 0 Å². The van der Waals surface area contributed by atoms with Crippen molar-refractivity contribution in [1.29, 1.82) is 0 Å². The van der Waals surface area contributed by atoms with Crippen molar-refractivity contribution in [1.82, 2.24) is 29.9 Å². The van der Waals surface area contributed by atoms with Crippen molar-refractivity contribution in [2.75, 3.05) is 0 Å². The molecule has 6 nitrogen and oxygen atoms in total. The highest BCUT2D eigenvalue weighted by molar-refractivity contribution is 6.05. The maximum Gasteiger partial charge on any atom is 0.0658 e. The average Bonchev–Trinajstić information content (AvgIpc) is 3.83. The summed E-state index contributed by atoms with van der Waals surface area (Å²) in [6.07, 6.45) is 8.23. The lowest BCUT2D eigenvalue weighted by Crippen LogP contribution is -1.83. The topological polar surface area (TPSA) is 88.9 Å². The van der Waals surface area contributed by atoms with Crippen molar-refractivity contribution in [2.24, 2.45) is 0 Å². The van der Waals surface area contributed by atoms with E-state index in [2.05, 4.69) is 141 Å². The lowest BCUT2D eigenvalue weighted by molar-refractivity contribution is 1.31. The van der Waals surface area contributed by atoms with Crippen LogP contribution in [0.5, 0.6) is 0 Å². The molecule has 0 atom stereocenters. The van der Waals surface area contributed by atoms with Gasteiger partial charge < -0.3 is 19.9 Å². The highest BCUT2D eigenvalue weighted by Crippen LogP contribution is 2.41. The minimum Gasteiger partial charge on any atom is -0.355 e. The van der Waals surface area contributed by atoms with E-state index in [0.29, 0.717) is 0 Å². The quantitative estimate of drug-likeness (QED) is 0.176. The number of fused-ring (bicyclic) bond motifs is 10. The Hall–Kier alpha value is -5.88. The third kappa shape index (κ3) is 3.81. The van der Waals surface area contributed by atoms with Crippen molar-refractivity contribution in [3.8, 4) is 22.5 Å². The van der Waals surface area contributed by atoms with Gasteiger partial charge in [0.25, 0.3) is 0 Å². The first-order valence-corrected chi connectivity index (χ1v) is 14.0. The normalized spacial score (nSPS) is 12.6. The summed E-state index contributed by atoms with van der Waals surface area (Å²) in [6, 6.07) is 33.7. The lowest BCUT2D eigenvalue weighted by Gasteiger charge is -2.02. The molecule has 0 unspecified atom stereocenters. The Kier molecular flexibility index (Phi) is 4.80. The molecule has 2 aliphatic rings. The van der Waals surface area contributed by atoms with Crippen molar-refractivity contribution in [3.63, 3.8) is 0 Å². The molecule has 0 radical (unpaired) electrons. The first-order chi connectivity index (χ1) is 20.7. The minimum absolute atomic E-state index is 0.883. The predicted octanol–water partition coefficient (Wildman–Crippen LogP) is 8.95. The third-order valence-electron chi connectivity index (χ3n) is 7.95. The van der Waals surface area contributed by atoms with E-state index in [9.17, 15) is 0 Å². The lowest BCUT2D eigenvalue weighted by atomic mass is 10.0. The molecule has 4 N–H and O–H groups in total. The van der Waals surface area contributed by atoms with E-state index in [0.717, 1.165) is 89.2 Å². The smallest absolute Gasteiger partial charge is 0.0658 e. The van der Waals surface area contributed by atoms with Crippen LogP contribution in [0.3, 0.4) is 0 Å². The van der Waals surface area contributed by atoms with Gasteiger partial charge in [0, 0.05) is 55.4 Å². The van der Waals surface area contributed by atoms with Gasteiger partial charge in [-0.1, -0.05) is 36.4 Å². The van der Waals surface area contributed by atoms with Crippen molar-refractivity contribution in [3.05, 3.63) is 120 Å². The Labute approximate surface area is 240 Å². The van der Waals surface area contributed by atoms with Gasteiger partial charge in [-0.05, 0) is 85.0 Å². The number of hydrogen-bond donors (Lipinski definition) is 4. The molecule has 0 spiro atoms. The van der Waals surface area contributed by atoms with Gasteiger partial charge in [0.2, 0.25) is 0 Å². The SMILES string of the molecule is C1=Cc2cc3[nH]c(cc4nc(cc5ccc(cc1n2)[nH]5)C=C4)c(-c1cc2ccccc2[nH]1)c3-c1cc2ccccc2[nH]1. The molecule has 7 heterocycles. The van der Waals surface area contributed by atoms with Gasteiger partial charge in [0.1, 0.15) is 0 Å². The summed E-state index contributed by atoms with van der Waals surface area (Å²) in [4.78, 5) is 24.5. The van der Waals surface area contributed by atoms with Gasteiger partial charge in [-0.3, -0.25) is 0 Å². The Morgan fingerprint density at radius 3 is 1.31 bits per heavy atom. The monoisotopic (exact) mass is 540 g/mol. The summed E-state index contributed by atoms with van der Waals surface area (Å²) < 4.78 is 0. The number of nitrogens with zero attached hydrogens (tertiary/aromatic N) is 2. The molecular formula is C36H24N6. The molecule has 42 heavy (non-hydrogen) atoms. The standard InChI is InChI=1S/C36H24N6/c1-3-7-29-21(5-1)15-31(40-29)35-33-19-27-13-11-25(38-27)17-23-9-10-24(37-23)18-26-12-14-28(39-26)20-34(42-33)36(35)32-16-22-6-2-4-8-30(22)41-32/h1-20,37,40-42H. The number of para-hydroxylation sites is 2. The minimum atomic E-state index is 0.883. The molecule has 0 fully saturated rings. The van der Waals surface area contributed by atoms with E-state index < -0.39 is 0 Å². The van der Waals surface area contributed by atoms with Crippen LogP contribution in [0.4, 0.5) is 0 Å². The number of rotatable bonds is 2. The summed E-state index contributed by atoms with van der Waals surface area (Å²) in [6.45, 7) is 0. The van der Waals surface area contributed by atoms with E-state index >= 15 is 0 Å². The number of aromatic amines is 4. The summed E-state index contributed by atoms with van der Waals surface area (Å²) >= 11 is 0. The molecule has 2 aromatic carbocycles. The molecule has 198 valence electrons. The Balaban J connectivity index is 1.44. The number of hydrogen-bond acceptors (Lipinski definition) is 2. The first kappa shape index (κ1) is 22.9. The van der Waals surface area contributed by atoms with Crippen LogP contribution < -0.4 is 0 Å². The van der Waals surface area contributed by atoms with Gasteiger partial charge in [-0.2, -0.15) is 0 Å². The molecule has 0 amide bonds. The fourth-order valence-electron chi connectivity index (χ4n) is 6.05. The second-order valence-electron chi connectivity index (χ2n) is 10.8. The van der Waals surface area contributed by atoms with Crippen LogP contribution in [0, 0.1) is 0 Å². The molecule has 5 aromatic heterocycles. The predicted molar refractivity (Wildman–Crippen MR) is 173 cm³/mol. The van der Waals surface area contributed by atoms with Crippen molar-refractivity contribution in [2.45, 2.75) is 0 Å². The fourth-order valence-corrected chi connectivity index (χ4v) is 6.05. The summed E-state index contributed by atoms with van der Waals surface area (Å²) in [5.74, 6) is 0. The Morgan fingerprint density at radius 1 is 0.381 bits per heavy atom. The highest BCUT2D eigenvalue weighted by atomic mass is 14.8. The molecular weight excluding hydrogens is 516 g/mol. The first-order valence-electron chi connectivity index (χ1n) is 14.0. The zero-order chi connectivity index (χ0) is 27.6. The van der Waals surface area contributed by atoms with Crippen LogP contribution in [0.1, 0.15) is 22.8 Å². The van der Waals surface area contributed by atoms with Crippen LogP contribution in [-0.4, -0.2) is 29.9 Å². The molecule has 2 aliphatic heterocycles. The zero-order valence-corrected chi connectivity index (χ0v) is 22.4. The number of H-pyrrole nitrogens is 4. The van der Waals surface area contributed by atoms with Crippen LogP contribution in [-0.2, 0) is 0 Å². The highest BCUT2D eigenvalue weighted by Gasteiger charge is 2.19. The maximum absolute atomic E-state index is 4.93. The van der Waals surface area contributed by atoms with Gasteiger partial charge in [-0.25, -0.2) is 9.97 Å². The van der Waals surface area contributed by atoms with Gasteiger partial charge in [0.05, 0.1) is 33.8 Å². The fraction of sp³-hybridized carbons (Fsp3) is 0. The van der Waals surface area contributed by atoms with Gasteiger partial charge >= 0.3 is 0 Å². The van der Waals surface area contributed by atoms with E-state index in [1.165, 1.54) is 0 Å². The van der Waals surface area contributed by atoms with Crippen LogP contribution in [0.15, 0.2) is 97.1 Å². The van der Waals surface area contributed by atoms with E-state index in [4.69, 9.17) is 9.97 Å². The maximum atomic E-state index is 4.93. The zero-order valence-electron chi connectivity index (χ0n) is 22.4. The van der Waals surface area contributed by atoms with E-state index in [-0.39, 0.29) is 0 Å². The molecule has 0 saturated heterocycles. The number of aromatic nitrogens is 6. The second-order valence-corrected chi connectivity index (χ2v) is 10.8. The Morgan fingerprint density at radius 2 is 0.833 bits per heavy atom. The summed E-state index contributed by atoms with van der Waals surface area (Å²) in [5, 5.41) is 2.33. The number of benzene rings is 2. The van der Waals surface area contributed by atoms with Crippen LogP contribution in [0.2, 0.25) is 0 Å². The van der Waals surface area contributed by atoms with Gasteiger partial charge in [-0.15, -0.1) is 0 Å². The molecule has 7 aromatic rings. The second kappa shape index (κ2) is 8.81. The molecule has 6 heteroatoms. The summed E-state index contributed by atoms with van der Waals surface area (Å²) in [7, 11) is 0. The molecule has 0 saturated carbocycles. The van der Waals surface area contributed by atoms with E-state index in [1.54, 1.807) is 0 Å². The summed E-state index contributed by atoms with van der Waals surface area (Å²) in [5.41, 5.74) is 13.9. The van der Waals surface area contributed by atoms with E-state index in [1.807, 2.05) is 0 Å². The molecule has 0 aliphatic carbocycles. The van der Waals surface area contributed by atoms with Crippen LogP contribution >= 0.6 is 0 Å². The number of nitrogens with one attached hydrogen (secondary N) is 4.